The van der Waals surface area contributed by atoms with Crippen molar-refractivity contribution in [3.05, 3.63) is 16.1 Å². The van der Waals surface area contributed by atoms with Gasteiger partial charge in [-0.3, -0.25) is 4.79 Å². The van der Waals surface area contributed by atoms with Gasteiger partial charge in [-0.1, -0.05) is 13.8 Å². The Morgan fingerprint density at radius 2 is 2.21 bits per heavy atom. The average Bonchev–Trinajstić information content (AvgIpc) is 2.67. The number of rotatable bonds is 6. The number of hydrogen-bond acceptors (Lipinski definition) is 4. The van der Waals surface area contributed by atoms with Crippen LogP contribution in [0.25, 0.3) is 0 Å². The normalized spacial score (nSPS) is 10.8. The van der Waals surface area contributed by atoms with E-state index in [0.29, 0.717) is 0 Å². The molecule has 0 fully saturated rings. The van der Waals surface area contributed by atoms with Gasteiger partial charge >= 0.3 is 0 Å². The van der Waals surface area contributed by atoms with Crippen LogP contribution in [-0.4, -0.2) is 35.8 Å². The van der Waals surface area contributed by atoms with Gasteiger partial charge in [0.25, 0.3) is 0 Å². The number of thiazole rings is 1. The molecule has 0 spiro atoms. The van der Waals surface area contributed by atoms with Crippen LogP contribution in [0.1, 0.15) is 28.5 Å². The maximum atomic E-state index is 10.4. The molecule has 3 nitrogen and oxygen atoms in total. The van der Waals surface area contributed by atoms with Gasteiger partial charge in [-0.25, -0.2) is 4.98 Å². The summed E-state index contributed by atoms with van der Waals surface area (Å²) in [6.07, 6.45) is 3.45. The second-order valence-electron chi connectivity index (χ2n) is 3.05. The predicted molar refractivity (Wildman–Crippen MR) is 59.0 cm³/mol. The zero-order valence-electron chi connectivity index (χ0n) is 8.69. The fraction of sp³-hybridized carbons (Fsp3) is 0.600. The number of nitrogens with zero attached hydrogens (tertiary/aromatic N) is 2. The van der Waals surface area contributed by atoms with Crippen LogP contribution in [-0.2, 0) is 6.42 Å². The van der Waals surface area contributed by atoms with Gasteiger partial charge in [-0.05, 0) is 13.1 Å². The van der Waals surface area contributed by atoms with Gasteiger partial charge < -0.3 is 4.90 Å². The maximum absolute atomic E-state index is 10.4. The lowest BCUT2D eigenvalue weighted by atomic mass is 10.4. The Balaban J connectivity index is 2.40. The first-order valence-electron chi connectivity index (χ1n) is 4.92. The summed E-state index contributed by atoms with van der Waals surface area (Å²) in [6, 6.07) is 0. The molecular formula is C10H16N2OS. The van der Waals surface area contributed by atoms with Crippen molar-refractivity contribution in [3.8, 4) is 0 Å². The Labute approximate surface area is 88.8 Å². The zero-order chi connectivity index (χ0) is 10.4. The Morgan fingerprint density at radius 3 is 2.71 bits per heavy atom. The maximum Gasteiger partial charge on any atom is 0.161 e. The Hall–Kier alpha value is -0.740. The van der Waals surface area contributed by atoms with E-state index in [0.717, 1.165) is 42.2 Å². The van der Waals surface area contributed by atoms with Crippen LogP contribution in [0, 0.1) is 0 Å². The third-order valence-corrected chi connectivity index (χ3v) is 3.21. The monoisotopic (exact) mass is 212 g/mol. The molecule has 1 rings (SSSR count). The van der Waals surface area contributed by atoms with E-state index in [1.807, 2.05) is 0 Å². The van der Waals surface area contributed by atoms with Gasteiger partial charge in [0.15, 0.2) is 6.29 Å². The molecule has 0 radical (unpaired) electrons. The van der Waals surface area contributed by atoms with Crippen LogP contribution in [0.15, 0.2) is 6.20 Å². The molecule has 1 heterocycles. The molecule has 0 saturated heterocycles. The second kappa shape index (κ2) is 5.88. The van der Waals surface area contributed by atoms with Gasteiger partial charge in [0, 0.05) is 19.2 Å². The number of aromatic nitrogens is 1. The van der Waals surface area contributed by atoms with Crippen molar-refractivity contribution in [2.45, 2.75) is 20.3 Å². The van der Waals surface area contributed by atoms with Crippen LogP contribution in [0.2, 0.25) is 0 Å². The van der Waals surface area contributed by atoms with Gasteiger partial charge in [-0.15, -0.1) is 11.3 Å². The summed E-state index contributed by atoms with van der Waals surface area (Å²) in [5, 5.41) is 1.05. The smallest absolute Gasteiger partial charge is 0.161 e. The van der Waals surface area contributed by atoms with Crippen molar-refractivity contribution in [1.29, 1.82) is 0 Å². The molecule has 0 aliphatic carbocycles. The summed E-state index contributed by atoms with van der Waals surface area (Å²) >= 11 is 1.49. The molecule has 0 bridgehead atoms. The minimum absolute atomic E-state index is 0.722. The van der Waals surface area contributed by atoms with E-state index in [1.165, 1.54) is 11.3 Å². The summed E-state index contributed by atoms with van der Waals surface area (Å²) < 4.78 is 0. The number of hydrogen-bond donors (Lipinski definition) is 0. The molecule has 0 saturated carbocycles. The van der Waals surface area contributed by atoms with E-state index in [-0.39, 0.29) is 0 Å². The van der Waals surface area contributed by atoms with Crippen LogP contribution in [0.3, 0.4) is 0 Å². The van der Waals surface area contributed by atoms with E-state index >= 15 is 0 Å². The summed E-state index contributed by atoms with van der Waals surface area (Å²) in [5.41, 5.74) is 0. The van der Waals surface area contributed by atoms with Crippen LogP contribution < -0.4 is 0 Å². The van der Waals surface area contributed by atoms with Crippen molar-refractivity contribution in [2.75, 3.05) is 19.6 Å². The molecule has 0 aromatic carbocycles. The molecule has 78 valence electrons. The summed E-state index contributed by atoms with van der Waals surface area (Å²) in [6.45, 7) is 7.48. The minimum Gasteiger partial charge on any atom is -0.303 e. The summed E-state index contributed by atoms with van der Waals surface area (Å²) in [4.78, 5) is 17.7. The highest BCUT2D eigenvalue weighted by molar-refractivity contribution is 7.13. The first kappa shape index (κ1) is 11.3. The van der Waals surface area contributed by atoms with E-state index < -0.39 is 0 Å². The predicted octanol–water partition coefficient (Wildman–Crippen LogP) is 1.84. The average molecular weight is 212 g/mol. The number of carbonyl (C=O) groups is 1. The van der Waals surface area contributed by atoms with Gasteiger partial charge in [0.05, 0.1) is 9.88 Å². The van der Waals surface area contributed by atoms with Crippen LogP contribution in [0.4, 0.5) is 0 Å². The van der Waals surface area contributed by atoms with E-state index in [1.54, 1.807) is 6.20 Å². The third-order valence-electron chi connectivity index (χ3n) is 2.22. The van der Waals surface area contributed by atoms with Crippen molar-refractivity contribution < 1.29 is 4.79 Å². The van der Waals surface area contributed by atoms with Gasteiger partial charge in [0.1, 0.15) is 0 Å². The molecule has 0 aliphatic rings. The summed E-state index contributed by atoms with van der Waals surface area (Å²) in [7, 11) is 0. The van der Waals surface area contributed by atoms with E-state index in [9.17, 15) is 4.79 Å². The van der Waals surface area contributed by atoms with Gasteiger partial charge in [-0.2, -0.15) is 0 Å². The Kier molecular flexibility index (Phi) is 4.76. The SMILES string of the molecule is CCN(CC)CCc1ncc(C=O)s1. The number of carbonyl (C=O) groups excluding carboxylic acids is 1. The zero-order valence-corrected chi connectivity index (χ0v) is 9.51. The minimum atomic E-state index is 0.722. The topological polar surface area (TPSA) is 33.2 Å². The van der Waals surface area contributed by atoms with Crippen LogP contribution >= 0.6 is 11.3 Å². The molecule has 1 aromatic heterocycles. The Bertz CT molecular complexity index is 281. The van der Waals surface area contributed by atoms with E-state index in [2.05, 4.69) is 23.7 Å². The lowest BCUT2D eigenvalue weighted by molar-refractivity contribution is 0.112. The second-order valence-corrected chi connectivity index (χ2v) is 4.20. The molecule has 0 amide bonds. The number of likely N-dealkylation sites (N-methyl/N-ethyl adjacent to an activating group) is 1. The lowest BCUT2D eigenvalue weighted by Crippen LogP contribution is -2.25. The molecule has 14 heavy (non-hydrogen) atoms. The number of aldehydes is 1. The van der Waals surface area contributed by atoms with Crippen LogP contribution in [0.5, 0.6) is 0 Å². The van der Waals surface area contributed by atoms with Crippen molar-refractivity contribution in [1.82, 2.24) is 9.88 Å². The molecule has 0 N–H and O–H groups in total. The fourth-order valence-corrected chi connectivity index (χ4v) is 2.01. The molecule has 1 aromatic rings. The largest absolute Gasteiger partial charge is 0.303 e. The molecule has 0 unspecified atom stereocenters. The molecule has 4 heteroatoms. The Morgan fingerprint density at radius 1 is 1.50 bits per heavy atom. The van der Waals surface area contributed by atoms with E-state index in [4.69, 9.17) is 0 Å². The quantitative estimate of drug-likeness (QED) is 0.675. The molecule has 0 atom stereocenters. The highest BCUT2D eigenvalue weighted by Crippen LogP contribution is 2.11. The van der Waals surface area contributed by atoms with Crippen molar-refractivity contribution in [3.63, 3.8) is 0 Å². The third kappa shape index (κ3) is 3.20. The first-order chi connectivity index (χ1) is 6.80. The standard InChI is InChI=1S/C10H16N2OS/c1-3-12(4-2)6-5-10-11-7-9(8-13)14-10/h7-8H,3-6H2,1-2H3. The van der Waals surface area contributed by atoms with Crippen molar-refractivity contribution in [2.24, 2.45) is 0 Å². The highest BCUT2D eigenvalue weighted by Gasteiger charge is 2.03. The lowest BCUT2D eigenvalue weighted by Gasteiger charge is -2.16. The van der Waals surface area contributed by atoms with Crippen molar-refractivity contribution >= 4 is 17.6 Å². The highest BCUT2D eigenvalue weighted by atomic mass is 32.1. The molecule has 0 aliphatic heterocycles. The fourth-order valence-electron chi connectivity index (χ4n) is 1.29. The van der Waals surface area contributed by atoms with Gasteiger partial charge in [0.2, 0.25) is 0 Å². The summed E-state index contributed by atoms with van der Waals surface area (Å²) in [5.74, 6) is 0. The molecular weight excluding hydrogens is 196 g/mol. The first-order valence-corrected chi connectivity index (χ1v) is 5.74.